The van der Waals surface area contributed by atoms with Crippen molar-refractivity contribution in [2.24, 2.45) is 0 Å². The lowest BCUT2D eigenvalue weighted by molar-refractivity contribution is 0.0685. The smallest absolute Gasteiger partial charge is 0.352 e. The predicted octanol–water partition coefficient (Wildman–Crippen LogP) is 3.64. The van der Waals surface area contributed by atoms with Crippen molar-refractivity contribution in [1.29, 1.82) is 0 Å². The second kappa shape index (κ2) is 4.23. The number of carboxylic acids is 1. The van der Waals surface area contributed by atoms with Gasteiger partial charge in [-0.25, -0.2) is 9.18 Å². The van der Waals surface area contributed by atoms with Gasteiger partial charge in [-0.3, -0.25) is 0 Å². The highest BCUT2D eigenvalue weighted by molar-refractivity contribution is 5.87. The van der Waals surface area contributed by atoms with Gasteiger partial charge in [0.15, 0.2) is 0 Å². The van der Waals surface area contributed by atoms with Crippen LogP contribution in [0.3, 0.4) is 0 Å². The van der Waals surface area contributed by atoms with Crippen LogP contribution >= 0.6 is 0 Å². The van der Waals surface area contributed by atoms with Crippen molar-refractivity contribution < 1.29 is 14.3 Å². The number of rotatable bonds is 3. The molecule has 0 saturated heterocycles. The van der Waals surface area contributed by atoms with Crippen molar-refractivity contribution >= 4 is 5.97 Å². The van der Waals surface area contributed by atoms with Gasteiger partial charge in [-0.2, -0.15) is 0 Å². The summed E-state index contributed by atoms with van der Waals surface area (Å²) in [5, 5.41) is 9.20. The molecule has 3 nitrogen and oxygen atoms in total. The largest absolute Gasteiger partial charge is 0.477 e. The molecule has 0 spiro atoms. The Labute approximate surface area is 110 Å². The molecule has 1 fully saturated rings. The zero-order valence-electron chi connectivity index (χ0n) is 10.6. The molecule has 0 radical (unpaired) electrons. The topological polar surface area (TPSA) is 42.2 Å². The lowest BCUT2D eigenvalue weighted by Gasteiger charge is -2.11. The summed E-state index contributed by atoms with van der Waals surface area (Å²) in [6.07, 6.45) is 1.91. The summed E-state index contributed by atoms with van der Waals surface area (Å²) in [5.41, 5.74) is 2.20. The lowest BCUT2D eigenvalue weighted by atomic mass is 10.1. The number of hydrogen-bond acceptors (Lipinski definition) is 1. The Bertz CT molecular complexity index is 656. The Morgan fingerprint density at radius 2 is 2.05 bits per heavy atom. The summed E-state index contributed by atoms with van der Waals surface area (Å²) in [6.45, 7) is 1.83. The number of halogens is 1. The van der Waals surface area contributed by atoms with Gasteiger partial charge in [0.1, 0.15) is 11.5 Å². The minimum absolute atomic E-state index is 0.191. The van der Waals surface area contributed by atoms with Crippen LogP contribution in [0.5, 0.6) is 0 Å². The summed E-state index contributed by atoms with van der Waals surface area (Å²) >= 11 is 0. The Hall–Kier alpha value is -2.10. The number of benzene rings is 1. The maximum atomic E-state index is 14.0. The SMILES string of the molecule is Cc1ccc(-c2ccc(C(=O)O)n2C2CC2)c(F)c1. The van der Waals surface area contributed by atoms with Gasteiger partial charge in [-0.1, -0.05) is 6.07 Å². The second-order valence-electron chi connectivity index (χ2n) is 4.99. The minimum Gasteiger partial charge on any atom is -0.477 e. The molecule has 4 heteroatoms. The number of aromatic nitrogens is 1. The van der Waals surface area contributed by atoms with Gasteiger partial charge in [0.05, 0.1) is 5.69 Å². The third kappa shape index (κ3) is 2.03. The van der Waals surface area contributed by atoms with Crippen molar-refractivity contribution in [1.82, 2.24) is 4.57 Å². The first-order valence-corrected chi connectivity index (χ1v) is 6.29. The van der Waals surface area contributed by atoms with Gasteiger partial charge in [-0.15, -0.1) is 0 Å². The maximum absolute atomic E-state index is 14.0. The van der Waals surface area contributed by atoms with E-state index < -0.39 is 5.97 Å². The van der Waals surface area contributed by atoms with Crippen molar-refractivity contribution in [3.8, 4) is 11.3 Å². The maximum Gasteiger partial charge on any atom is 0.352 e. The van der Waals surface area contributed by atoms with E-state index in [1.807, 2.05) is 13.0 Å². The Morgan fingerprint density at radius 3 is 2.63 bits per heavy atom. The van der Waals surface area contributed by atoms with Gasteiger partial charge < -0.3 is 9.67 Å². The predicted molar refractivity (Wildman–Crippen MR) is 69.8 cm³/mol. The molecule has 1 aliphatic rings. The van der Waals surface area contributed by atoms with Crippen LogP contribution in [0.25, 0.3) is 11.3 Å². The Morgan fingerprint density at radius 1 is 1.32 bits per heavy atom. The molecule has 2 aromatic rings. The van der Waals surface area contributed by atoms with E-state index in [1.165, 1.54) is 6.07 Å². The second-order valence-corrected chi connectivity index (χ2v) is 4.99. The summed E-state index contributed by atoms with van der Waals surface area (Å²) < 4.78 is 15.8. The Kier molecular flexibility index (Phi) is 2.66. The molecular formula is C15H14FNO2. The fraction of sp³-hybridized carbons (Fsp3) is 0.267. The highest BCUT2D eigenvalue weighted by atomic mass is 19.1. The third-order valence-corrected chi connectivity index (χ3v) is 3.45. The van der Waals surface area contributed by atoms with Crippen LogP contribution in [0.1, 0.15) is 34.9 Å². The van der Waals surface area contributed by atoms with E-state index >= 15 is 0 Å². The molecule has 0 amide bonds. The molecule has 1 N–H and O–H groups in total. The fourth-order valence-electron chi connectivity index (χ4n) is 2.40. The molecule has 0 unspecified atom stereocenters. The van der Waals surface area contributed by atoms with Gasteiger partial charge in [-0.05, 0) is 49.6 Å². The quantitative estimate of drug-likeness (QED) is 0.914. The van der Waals surface area contributed by atoms with Crippen molar-refractivity contribution in [3.63, 3.8) is 0 Å². The first kappa shape index (κ1) is 12.0. The molecule has 98 valence electrons. The van der Waals surface area contributed by atoms with Crippen molar-refractivity contribution in [2.75, 3.05) is 0 Å². The van der Waals surface area contributed by atoms with Crippen LogP contribution in [-0.4, -0.2) is 15.6 Å². The highest BCUT2D eigenvalue weighted by Gasteiger charge is 2.30. The van der Waals surface area contributed by atoms with Gasteiger partial charge in [0.25, 0.3) is 0 Å². The molecule has 0 atom stereocenters. The van der Waals surface area contributed by atoms with Crippen LogP contribution in [-0.2, 0) is 0 Å². The molecule has 19 heavy (non-hydrogen) atoms. The normalized spacial score (nSPS) is 14.6. The van der Waals surface area contributed by atoms with E-state index in [0.717, 1.165) is 18.4 Å². The van der Waals surface area contributed by atoms with E-state index in [4.69, 9.17) is 0 Å². The zero-order valence-corrected chi connectivity index (χ0v) is 10.6. The van der Waals surface area contributed by atoms with Gasteiger partial charge in [0, 0.05) is 11.6 Å². The fourth-order valence-corrected chi connectivity index (χ4v) is 2.40. The monoisotopic (exact) mass is 259 g/mol. The van der Waals surface area contributed by atoms with Gasteiger partial charge in [0.2, 0.25) is 0 Å². The zero-order chi connectivity index (χ0) is 13.6. The van der Waals surface area contributed by atoms with Crippen molar-refractivity contribution in [3.05, 3.63) is 47.4 Å². The van der Waals surface area contributed by atoms with Crippen LogP contribution < -0.4 is 0 Å². The van der Waals surface area contributed by atoms with E-state index in [2.05, 4.69) is 0 Å². The number of carboxylic acid groups (broad SMARTS) is 1. The molecule has 1 heterocycles. The number of nitrogens with zero attached hydrogens (tertiary/aromatic N) is 1. The molecule has 0 bridgehead atoms. The third-order valence-electron chi connectivity index (χ3n) is 3.45. The first-order chi connectivity index (χ1) is 9.08. The van der Waals surface area contributed by atoms with E-state index in [1.54, 1.807) is 22.8 Å². The minimum atomic E-state index is -0.967. The van der Waals surface area contributed by atoms with Crippen LogP contribution in [0.4, 0.5) is 4.39 Å². The number of aromatic carboxylic acids is 1. The molecule has 1 aliphatic carbocycles. The highest BCUT2D eigenvalue weighted by Crippen LogP contribution is 2.41. The standard InChI is InChI=1S/C15H14FNO2/c1-9-2-5-11(12(16)8-9)13-6-7-14(15(18)19)17(13)10-3-4-10/h2,5-8,10H,3-4H2,1H3,(H,18,19). The average Bonchev–Trinajstić information content (AvgIpc) is 3.08. The van der Waals surface area contributed by atoms with Gasteiger partial charge >= 0.3 is 5.97 Å². The van der Waals surface area contributed by atoms with Crippen LogP contribution in [0.2, 0.25) is 0 Å². The summed E-state index contributed by atoms with van der Waals surface area (Å²) in [5.74, 6) is -1.28. The molecule has 1 aromatic carbocycles. The van der Waals surface area contributed by atoms with E-state index in [0.29, 0.717) is 11.3 Å². The van der Waals surface area contributed by atoms with Crippen molar-refractivity contribution in [2.45, 2.75) is 25.8 Å². The first-order valence-electron chi connectivity index (χ1n) is 6.29. The summed E-state index contributed by atoms with van der Waals surface area (Å²) in [7, 11) is 0. The number of hydrogen-bond donors (Lipinski definition) is 1. The molecule has 1 aromatic heterocycles. The molecule has 1 saturated carbocycles. The van der Waals surface area contributed by atoms with E-state index in [-0.39, 0.29) is 17.6 Å². The summed E-state index contributed by atoms with van der Waals surface area (Å²) in [6, 6.07) is 8.45. The molecule has 3 rings (SSSR count). The van der Waals surface area contributed by atoms with Crippen LogP contribution in [0, 0.1) is 12.7 Å². The van der Waals surface area contributed by atoms with Crippen LogP contribution in [0.15, 0.2) is 30.3 Å². The molecule has 0 aliphatic heterocycles. The molecular weight excluding hydrogens is 245 g/mol. The Balaban J connectivity index is 2.17. The lowest BCUT2D eigenvalue weighted by Crippen LogP contribution is -2.08. The van der Waals surface area contributed by atoms with E-state index in [9.17, 15) is 14.3 Å². The number of carbonyl (C=O) groups is 1. The summed E-state index contributed by atoms with van der Waals surface area (Å²) in [4.78, 5) is 11.2. The average molecular weight is 259 g/mol. The number of aryl methyl sites for hydroxylation is 1.